The first-order valence-corrected chi connectivity index (χ1v) is 17.9. The molecule has 0 spiro atoms. The summed E-state index contributed by atoms with van der Waals surface area (Å²) in [6.45, 7) is 0. The number of fused-ring (bicyclic) bond motifs is 5. The smallest absolute Gasteiger partial charge is 0.0645 e. The van der Waals surface area contributed by atoms with Gasteiger partial charge in [0.15, 0.2) is 0 Å². The Kier molecular flexibility index (Phi) is 6.56. The average molecular weight is 678 g/mol. The lowest BCUT2D eigenvalue weighted by atomic mass is 9.95. The number of hydrogen-bond donors (Lipinski definition) is 0. The van der Waals surface area contributed by atoms with Crippen molar-refractivity contribution in [3.05, 3.63) is 212 Å². The lowest BCUT2D eigenvalue weighted by molar-refractivity contribution is 1.30. The van der Waals surface area contributed by atoms with Crippen LogP contribution in [0.1, 0.15) is 5.48 Å². The summed E-state index contributed by atoms with van der Waals surface area (Å²) in [4.78, 5) is 1.88. The van der Waals surface area contributed by atoms with Crippen molar-refractivity contribution < 1.29 is 5.48 Å². The zero-order valence-corrected chi connectivity index (χ0v) is 28.8. The van der Waals surface area contributed by atoms with Crippen LogP contribution in [0.5, 0.6) is 0 Å². The number of nitrogens with zero attached hydrogens (tertiary/aromatic N) is 1. The fourth-order valence-corrected chi connectivity index (χ4v) is 7.67. The Morgan fingerprint density at radius 2 is 0.849 bits per heavy atom. The van der Waals surface area contributed by atoms with Gasteiger partial charge in [-0.1, -0.05) is 170 Å². The van der Waals surface area contributed by atoms with E-state index in [2.05, 4.69) is 103 Å². The second kappa shape index (κ2) is 13.0. The molecule has 0 aliphatic carbocycles. The minimum Gasteiger partial charge on any atom is -0.310 e. The second-order valence-electron chi connectivity index (χ2n) is 13.4. The molecule has 0 saturated heterocycles. The van der Waals surface area contributed by atoms with Gasteiger partial charge in [0.1, 0.15) is 0 Å². The summed E-state index contributed by atoms with van der Waals surface area (Å²) in [6, 6.07) is 63.5. The highest BCUT2D eigenvalue weighted by Gasteiger charge is 2.16. The molecule has 248 valence electrons. The molecule has 0 amide bonds. The fourth-order valence-electron chi connectivity index (χ4n) is 7.67. The lowest BCUT2D eigenvalue weighted by Crippen LogP contribution is -2.10. The molecule has 10 rings (SSSR count). The monoisotopic (exact) mass is 677 g/mol. The van der Waals surface area contributed by atoms with Gasteiger partial charge in [0.25, 0.3) is 0 Å². The first-order valence-electron chi connectivity index (χ1n) is 19.9. The van der Waals surface area contributed by atoms with Crippen LogP contribution in [0.25, 0.3) is 76.5 Å². The van der Waals surface area contributed by atoms with E-state index in [1.54, 1.807) is 0 Å². The largest absolute Gasteiger partial charge is 0.310 e. The van der Waals surface area contributed by atoms with E-state index < -0.39 is 0 Å². The van der Waals surface area contributed by atoms with E-state index >= 15 is 0 Å². The molecule has 0 atom stereocenters. The standard InChI is InChI=1S/C52H35N/c1-4-17-47-38(10-1)13-8-20-49(47)43-16-7-15-41(34-43)36-24-29-45(30-25-36)53(52-21-9-14-39-11-3-6-19-51(39)52)46-31-26-37(27-32-46)42-28-33-50-44(35-42)23-22-40-12-2-5-18-48(40)50/h1-35H/i26D,27D,31D,32D. The minimum atomic E-state index is -0.107. The van der Waals surface area contributed by atoms with Crippen LogP contribution in [0.15, 0.2) is 212 Å². The van der Waals surface area contributed by atoms with Crippen molar-refractivity contribution in [2.75, 3.05) is 4.90 Å². The molecule has 10 aromatic carbocycles. The summed E-state index contributed by atoms with van der Waals surface area (Å²) in [7, 11) is 0. The van der Waals surface area contributed by atoms with Crippen molar-refractivity contribution in [1.29, 1.82) is 0 Å². The third-order valence-electron chi connectivity index (χ3n) is 10.3. The summed E-state index contributed by atoms with van der Waals surface area (Å²) < 4.78 is 37.9. The van der Waals surface area contributed by atoms with Gasteiger partial charge < -0.3 is 4.90 Å². The molecule has 0 saturated carbocycles. The Labute approximate surface area is 315 Å². The zero-order chi connectivity index (χ0) is 38.6. The van der Waals surface area contributed by atoms with Crippen LogP contribution in [0.3, 0.4) is 0 Å². The van der Waals surface area contributed by atoms with Crippen molar-refractivity contribution in [1.82, 2.24) is 0 Å². The summed E-state index contributed by atoms with van der Waals surface area (Å²) in [6.07, 6.45) is 0. The predicted molar refractivity (Wildman–Crippen MR) is 227 cm³/mol. The Morgan fingerprint density at radius 3 is 1.64 bits per heavy atom. The van der Waals surface area contributed by atoms with Crippen LogP contribution < -0.4 is 4.90 Å². The van der Waals surface area contributed by atoms with Gasteiger partial charge in [-0.25, -0.2) is 0 Å². The molecule has 0 bridgehead atoms. The van der Waals surface area contributed by atoms with Crippen molar-refractivity contribution in [3.63, 3.8) is 0 Å². The van der Waals surface area contributed by atoms with Crippen molar-refractivity contribution in [2.45, 2.75) is 0 Å². The normalized spacial score (nSPS) is 12.5. The van der Waals surface area contributed by atoms with Crippen LogP contribution in [0.2, 0.25) is 0 Å². The molecule has 0 aromatic heterocycles. The lowest BCUT2D eigenvalue weighted by Gasteiger charge is -2.27. The minimum absolute atomic E-state index is 0.0850. The first kappa shape index (κ1) is 26.8. The SMILES string of the molecule is [2H]c1c([2H])c(N(c2ccc(-c3cccc(-c4cccc5ccccc45)c3)cc2)c2cccc3ccccc23)c([2H])c([2H])c1-c1ccc2c(ccc3ccccc32)c1. The molecule has 0 fully saturated rings. The summed E-state index contributed by atoms with van der Waals surface area (Å²) >= 11 is 0. The number of hydrogen-bond acceptors (Lipinski definition) is 1. The molecule has 0 N–H and O–H groups in total. The summed E-state index contributed by atoms with van der Waals surface area (Å²) in [5, 5.41) is 8.69. The molecule has 0 aliphatic heterocycles. The number of rotatable bonds is 6. The summed E-state index contributed by atoms with van der Waals surface area (Å²) in [5.74, 6) is 0. The van der Waals surface area contributed by atoms with E-state index in [-0.39, 0.29) is 35.4 Å². The van der Waals surface area contributed by atoms with E-state index in [4.69, 9.17) is 0 Å². The van der Waals surface area contributed by atoms with Gasteiger partial charge in [0, 0.05) is 16.8 Å². The molecular weight excluding hydrogens is 639 g/mol. The molecule has 0 aliphatic rings. The van der Waals surface area contributed by atoms with Crippen LogP contribution in [0.4, 0.5) is 17.1 Å². The van der Waals surface area contributed by atoms with Gasteiger partial charge in [-0.15, -0.1) is 0 Å². The quantitative estimate of drug-likeness (QED) is 0.158. The molecule has 0 heterocycles. The van der Waals surface area contributed by atoms with Gasteiger partial charge in [0.05, 0.1) is 11.2 Å². The Hall–Kier alpha value is -6.96. The highest BCUT2D eigenvalue weighted by atomic mass is 15.1. The maximum absolute atomic E-state index is 9.54. The number of anilines is 3. The van der Waals surface area contributed by atoms with Crippen molar-refractivity contribution in [3.8, 4) is 33.4 Å². The Morgan fingerprint density at radius 1 is 0.302 bits per heavy atom. The highest BCUT2D eigenvalue weighted by Crippen LogP contribution is 2.41. The number of benzene rings is 10. The maximum Gasteiger partial charge on any atom is 0.0645 e. The van der Waals surface area contributed by atoms with Gasteiger partial charge in [0.2, 0.25) is 0 Å². The third-order valence-corrected chi connectivity index (χ3v) is 10.3. The molecule has 0 unspecified atom stereocenters. The van der Waals surface area contributed by atoms with E-state index in [0.717, 1.165) is 60.4 Å². The zero-order valence-electron chi connectivity index (χ0n) is 32.8. The fraction of sp³-hybridized carbons (Fsp3) is 0. The molecule has 0 radical (unpaired) electrons. The first-order chi connectivity index (χ1) is 27.9. The third kappa shape index (κ3) is 5.60. The van der Waals surface area contributed by atoms with Gasteiger partial charge in [-0.05, 0) is 114 Å². The van der Waals surface area contributed by atoms with E-state index in [1.807, 2.05) is 89.8 Å². The van der Waals surface area contributed by atoms with Gasteiger partial charge in [-0.2, -0.15) is 0 Å². The molecule has 1 heteroatoms. The molecule has 53 heavy (non-hydrogen) atoms. The van der Waals surface area contributed by atoms with Crippen LogP contribution in [-0.2, 0) is 0 Å². The van der Waals surface area contributed by atoms with E-state index in [1.165, 1.54) is 16.3 Å². The predicted octanol–water partition coefficient (Wildman–Crippen LogP) is 14.8. The maximum atomic E-state index is 9.54. The highest BCUT2D eigenvalue weighted by molar-refractivity contribution is 6.08. The van der Waals surface area contributed by atoms with E-state index in [0.29, 0.717) is 5.56 Å². The molecule has 1 nitrogen and oxygen atoms in total. The van der Waals surface area contributed by atoms with E-state index in [9.17, 15) is 5.48 Å². The van der Waals surface area contributed by atoms with Crippen LogP contribution in [-0.4, -0.2) is 0 Å². The summed E-state index contributed by atoms with van der Waals surface area (Å²) in [5.41, 5.74) is 7.03. The van der Waals surface area contributed by atoms with Gasteiger partial charge in [-0.3, -0.25) is 0 Å². The van der Waals surface area contributed by atoms with Crippen LogP contribution >= 0.6 is 0 Å². The Balaban J connectivity index is 1.10. The topological polar surface area (TPSA) is 3.24 Å². The Bertz CT molecular complexity index is 3150. The average Bonchev–Trinajstić information content (AvgIpc) is 3.27. The van der Waals surface area contributed by atoms with Crippen molar-refractivity contribution in [2.24, 2.45) is 0 Å². The van der Waals surface area contributed by atoms with Crippen LogP contribution in [0, 0.1) is 0 Å². The van der Waals surface area contributed by atoms with Crippen molar-refractivity contribution >= 4 is 60.2 Å². The molecule has 10 aromatic rings. The molecular formula is C52H35N. The second-order valence-corrected chi connectivity index (χ2v) is 13.4. The van der Waals surface area contributed by atoms with Gasteiger partial charge >= 0.3 is 0 Å².